The van der Waals surface area contributed by atoms with E-state index in [1.807, 2.05) is 0 Å². The molecule has 1 saturated heterocycles. The van der Waals surface area contributed by atoms with E-state index >= 15 is 0 Å². The normalized spacial score (nSPS) is 20.0. The minimum atomic E-state index is -4.69. The molecule has 10 heteroatoms. The Balaban J connectivity index is 2.20. The van der Waals surface area contributed by atoms with E-state index in [-0.39, 0.29) is 18.5 Å². The number of nitrogens with zero attached hydrogens (tertiary/aromatic N) is 3. The molecule has 5 nitrogen and oxygen atoms in total. The van der Waals surface area contributed by atoms with Crippen molar-refractivity contribution in [3.05, 3.63) is 29.3 Å². The van der Waals surface area contributed by atoms with Gasteiger partial charge in [-0.3, -0.25) is 4.68 Å². The molecular weight excluding hydrogens is 341 g/mol. The van der Waals surface area contributed by atoms with E-state index in [1.54, 1.807) is 33.8 Å². The van der Waals surface area contributed by atoms with E-state index < -0.39 is 35.9 Å². The molecule has 0 saturated carbocycles. The van der Waals surface area contributed by atoms with E-state index in [9.17, 15) is 17.6 Å². The lowest BCUT2D eigenvalue weighted by Crippen LogP contribution is -2.41. The second-order valence-electron chi connectivity index (χ2n) is 6.74. The van der Waals surface area contributed by atoms with Crippen molar-refractivity contribution in [2.24, 2.45) is 0 Å². The van der Waals surface area contributed by atoms with Gasteiger partial charge in [0, 0.05) is 11.8 Å². The molecule has 0 bridgehead atoms. The predicted octanol–water partition coefficient (Wildman–Crippen LogP) is 3.45. The van der Waals surface area contributed by atoms with Gasteiger partial charge in [0.2, 0.25) is 0 Å². The van der Waals surface area contributed by atoms with Crippen molar-refractivity contribution in [2.75, 3.05) is 0 Å². The molecule has 0 radical (unpaired) electrons. The Morgan fingerprint density at radius 1 is 1.32 bits per heavy atom. The lowest BCUT2D eigenvalue weighted by Gasteiger charge is -2.32. The molecule has 1 aromatic heterocycles. The van der Waals surface area contributed by atoms with Crippen LogP contribution in [0.2, 0.25) is 0 Å². The van der Waals surface area contributed by atoms with Gasteiger partial charge < -0.3 is 9.31 Å². The molecule has 0 N–H and O–H groups in total. The molecule has 1 aromatic rings. The number of alkyl halides is 3. The zero-order valence-electron chi connectivity index (χ0n) is 14.3. The van der Waals surface area contributed by atoms with Gasteiger partial charge in [-0.15, -0.1) is 0 Å². The molecule has 0 atom stereocenters. The summed E-state index contributed by atoms with van der Waals surface area (Å²) < 4.78 is 65.2. The van der Waals surface area contributed by atoms with Gasteiger partial charge in [-0.2, -0.15) is 23.5 Å². The molecule has 1 fully saturated rings. The fourth-order valence-electron chi connectivity index (χ4n) is 2.26. The minimum absolute atomic E-state index is 0.227. The molecule has 2 rings (SSSR count). The average molecular weight is 359 g/mol. The maximum atomic E-state index is 14.3. The molecule has 136 valence electrons. The Hall–Kier alpha value is -1.86. The number of hydrogen-bond donors (Lipinski definition) is 0. The van der Waals surface area contributed by atoms with Crippen LogP contribution >= 0.6 is 0 Å². The highest BCUT2D eigenvalue weighted by Crippen LogP contribution is 2.39. The number of rotatable bonds is 4. The molecule has 1 aliphatic rings. The highest BCUT2D eigenvalue weighted by molar-refractivity contribution is 6.53. The van der Waals surface area contributed by atoms with Crippen molar-refractivity contribution >= 4 is 7.12 Å². The summed E-state index contributed by atoms with van der Waals surface area (Å²) >= 11 is 0. The number of nitriles is 1. The first-order chi connectivity index (χ1) is 11.4. The molecular formula is C15H18BF4N3O2. The lowest BCUT2D eigenvalue weighted by atomic mass is 9.87. The van der Waals surface area contributed by atoms with Crippen molar-refractivity contribution in [2.45, 2.75) is 58.0 Å². The van der Waals surface area contributed by atoms with E-state index in [1.165, 1.54) is 0 Å². The molecule has 0 aliphatic carbocycles. The summed E-state index contributed by atoms with van der Waals surface area (Å²) in [6, 6.07) is 1.71. The first kappa shape index (κ1) is 19.5. The fraction of sp³-hybridized carbons (Fsp3) is 0.600. The van der Waals surface area contributed by atoms with E-state index in [0.717, 1.165) is 17.0 Å². The van der Waals surface area contributed by atoms with Crippen molar-refractivity contribution in [3.63, 3.8) is 0 Å². The van der Waals surface area contributed by atoms with Crippen LogP contribution in [0.5, 0.6) is 0 Å². The highest BCUT2D eigenvalue weighted by atomic mass is 19.4. The quantitative estimate of drug-likeness (QED) is 0.610. The third-order valence-electron chi connectivity index (χ3n) is 4.33. The Labute approximate surface area is 143 Å². The van der Waals surface area contributed by atoms with Crippen LogP contribution < -0.4 is 0 Å². The van der Waals surface area contributed by atoms with Gasteiger partial charge in [0.25, 0.3) is 0 Å². The third-order valence-corrected chi connectivity index (χ3v) is 4.33. The minimum Gasteiger partial charge on any atom is -0.398 e. The van der Waals surface area contributed by atoms with Crippen molar-refractivity contribution < 1.29 is 26.9 Å². The molecule has 25 heavy (non-hydrogen) atoms. The Morgan fingerprint density at radius 3 is 2.36 bits per heavy atom. The van der Waals surface area contributed by atoms with E-state index in [4.69, 9.17) is 14.6 Å². The van der Waals surface area contributed by atoms with Crippen LogP contribution in [-0.4, -0.2) is 28.1 Å². The highest BCUT2D eigenvalue weighted by Gasteiger charge is 2.53. The Kier molecular flexibility index (Phi) is 5.03. The van der Waals surface area contributed by atoms with Crippen molar-refractivity contribution in [3.8, 4) is 6.07 Å². The number of allylic oxidation sites excluding steroid dienone is 1. The van der Waals surface area contributed by atoms with Crippen LogP contribution in [0.25, 0.3) is 0 Å². The SMILES string of the molecule is CC1(C)OB(C(F)=CCc2cn(CC#N)nc2C(F)(F)F)OC1(C)C. The van der Waals surface area contributed by atoms with Crippen molar-refractivity contribution in [1.29, 1.82) is 5.26 Å². The summed E-state index contributed by atoms with van der Waals surface area (Å²) in [4.78, 5) is 0. The standard InChI is InChI=1S/C15H18BF4N3O2/c1-13(2)14(3,4)25-16(24-13)11(17)6-5-10-9-23(8-7-21)22-12(10)15(18,19)20/h6,9H,5,8H2,1-4H3. The van der Waals surface area contributed by atoms with Gasteiger partial charge >= 0.3 is 13.3 Å². The molecule has 0 spiro atoms. The second-order valence-corrected chi connectivity index (χ2v) is 6.74. The van der Waals surface area contributed by atoms with Crippen LogP contribution in [0.3, 0.4) is 0 Å². The Morgan fingerprint density at radius 2 is 1.88 bits per heavy atom. The number of halogens is 4. The average Bonchev–Trinajstić information content (AvgIpc) is 2.95. The van der Waals surface area contributed by atoms with Gasteiger partial charge in [0.1, 0.15) is 12.3 Å². The summed E-state index contributed by atoms with van der Waals surface area (Å²) in [5, 5.41) is 11.9. The monoisotopic (exact) mass is 359 g/mol. The maximum Gasteiger partial charge on any atom is 0.524 e. The summed E-state index contributed by atoms with van der Waals surface area (Å²) in [5.41, 5.74) is -3.68. The summed E-state index contributed by atoms with van der Waals surface area (Å²) in [7, 11) is -1.27. The molecule has 1 aliphatic heterocycles. The lowest BCUT2D eigenvalue weighted by molar-refractivity contribution is -0.142. The Bertz CT molecular complexity index is 703. The topological polar surface area (TPSA) is 60.1 Å². The van der Waals surface area contributed by atoms with Crippen molar-refractivity contribution in [1.82, 2.24) is 9.78 Å². The number of aromatic nitrogens is 2. The molecule has 2 heterocycles. The predicted molar refractivity (Wildman–Crippen MR) is 81.8 cm³/mol. The first-order valence-electron chi connectivity index (χ1n) is 7.59. The van der Waals surface area contributed by atoms with Crippen LogP contribution in [-0.2, 0) is 28.5 Å². The van der Waals surface area contributed by atoms with Gasteiger partial charge in [0.15, 0.2) is 5.69 Å². The molecule has 0 aromatic carbocycles. The summed E-state index contributed by atoms with van der Waals surface area (Å²) in [6.07, 6.45) is -2.98. The third kappa shape index (κ3) is 4.04. The summed E-state index contributed by atoms with van der Waals surface area (Å²) in [5.74, 6) is 0. The zero-order chi connectivity index (χ0) is 19.0. The fourth-order valence-corrected chi connectivity index (χ4v) is 2.26. The van der Waals surface area contributed by atoms with Crippen LogP contribution in [0.4, 0.5) is 17.6 Å². The van der Waals surface area contributed by atoms with Crippen LogP contribution in [0, 0.1) is 11.3 Å². The summed E-state index contributed by atoms with van der Waals surface area (Å²) in [6.45, 7) is 6.65. The first-order valence-corrected chi connectivity index (χ1v) is 7.59. The van der Waals surface area contributed by atoms with E-state index in [2.05, 4.69) is 5.10 Å². The molecule has 0 unspecified atom stereocenters. The largest absolute Gasteiger partial charge is 0.524 e. The maximum absolute atomic E-state index is 14.3. The van der Waals surface area contributed by atoms with Crippen LogP contribution in [0.1, 0.15) is 39.0 Å². The van der Waals surface area contributed by atoms with Crippen LogP contribution in [0.15, 0.2) is 18.0 Å². The zero-order valence-corrected chi connectivity index (χ0v) is 14.3. The van der Waals surface area contributed by atoms with Gasteiger partial charge in [-0.1, -0.05) is 6.08 Å². The van der Waals surface area contributed by atoms with Gasteiger partial charge in [0.05, 0.1) is 17.3 Å². The van der Waals surface area contributed by atoms with E-state index in [0.29, 0.717) is 0 Å². The molecule has 0 amide bonds. The number of hydrogen-bond acceptors (Lipinski definition) is 4. The smallest absolute Gasteiger partial charge is 0.398 e. The second kappa shape index (κ2) is 6.46. The van der Waals surface area contributed by atoms with Gasteiger partial charge in [-0.25, -0.2) is 4.39 Å². The van der Waals surface area contributed by atoms with Gasteiger partial charge in [-0.05, 0) is 34.1 Å².